The van der Waals surface area contributed by atoms with Gasteiger partial charge in [-0.05, 0) is 12.1 Å². The fourth-order valence-electron chi connectivity index (χ4n) is 0.968. The highest BCUT2D eigenvalue weighted by atomic mass is 16.5. The zero-order chi connectivity index (χ0) is 11.1. The maximum absolute atomic E-state index is 10.2. The molecule has 0 aliphatic heterocycles. The summed E-state index contributed by atoms with van der Waals surface area (Å²) in [6.07, 6.45) is -0.790. The first kappa shape index (κ1) is 11.1. The molecule has 0 radical (unpaired) electrons. The highest BCUT2D eigenvalue weighted by Gasteiger charge is 2.00. The molecule has 15 heavy (non-hydrogen) atoms. The van der Waals surface area contributed by atoms with E-state index in [-0.39, 0.29) is 12.4 Å². The van der Waals surface area contributed by atoms with E-state index in [1.54, 1.807) is 12.1 Å². The van der Waals surface area contributed by atoms with Gasteiger partial charge in [0.15, 0.2) is 0 Å². The maximum atomic E-state index is 10.2. The Morgan fingerprint density at radius 1 is 1.67 bits per heavy atom. The van der Waals surface area contributed by atoms with E-state index in [0.717, 1.165) is 0 Å². The molecule has 3 N–H and O–H groups in total. The molecule has 0 saturated heterocycles. The monoisotopic (exact) mass is 209 g/mol. The molecular weight excluding hydrogens is 198 g/mol. The number of furan rings is 1. The van der Waals surface area contributed by atoms with Crippen molar-refractivity contribution in [3.8, 4) is 6.07 Å². The number of carbonyl (C=O) groups excluding carboxylic acids is 1. The second kappa shape index (κ2) is 5.67. The lowest BCUT2D eigenvalue weighted by Gasteiger charge is -2.02. The molecule has 0 fully saturated rings. The lowest BCUT2D eigenvalue weighted by Crippen LogP contribution is -2.23. The van der Waals surface area contributed by atoms with E-state index in [4.69, 9.17) is 15.4 Å². The molecule has 6 heteroatoms. The third-order valence-electron chi connectivity index (χ3n) is 1.59. The Bertz CT molecular complexity index is 367. The molecule has 0 aliphatic rings. The molecule has 0 bridgehead atoms. The molecular formula is C9H11N3O3. The fourth-order valence-corrected chi connectivity index (χ4v) is 0.968. The summed E-state index contributed by atoms with van der Waals surface area (Å²) in [7, 11) is 0. The number of nitrogens with two attached hydrogens (primary N) is 1. The first-order chi connectivity index (χ1) is 7.22. The first-order valence-corrected chi connectivity index (χ1v) is 4.34. The lowest BCUT2D eigenvalue weighted by molar-refractivity contribution is 0.157. The average Bonchev–Trinajstić information content (AvgIpc) is 2.65. The molecule has 0 saturated carbocycles. The fraction of sp³-hybridized carbons (Fsp3) is 0.333. The van der Waals surface area contributed by atoms with Crippen LogP contribution in [0.25, 0.3) is 0 Å². The summed E-state index contributed by atoms with van der Waals surface area (Å²) in [6.45, 7) is 1.16. The summed E-state index contributed by atoms with van der Waals surface area (Å²) < 4.78 is 9.60. The molecule has 80 valence electrons. The van der Waals surface area contributed by atoms with Gasteiger partial charge in [0.05, 0.1) is 6.54 Å². The van der Waals surface area contributed by atoms with Crippen LogP contribution in [0.4, 0.5) is 4.79 Å². The summed E-state index contributed by atoms with van der Waals surface area (Å²) in [5, 5.41) is 11.4. The first-order valence-electron chi connectivity index (χ1n) is 4.34. The number of hydrogen-bond acceptors (Lipinski definition) is 5. The molecule has 1 heterocycles. The zero-order valence-electron chi connectivity index (χ0n) is 8.03. The molecule has 0 atom stereocenters. The van der Waals surface area contributed by atoms with Crippen LogP contribution in [0.1, 0.15) is 11.5 Å². The van der Waals surface area contributed by atoms with Crippen LogP contribution in [0, 0.1) is 11.3 Å². The van der Waals surface area contributed by atoms with Crippen LogP contribution in [0.15, 0.2) is 16.5 Å². The Hall–Kier alpha value is -2.00. The molecule has 0 aliphatic carbocycles. The van der Waals surface area contributed by atoms with Gasteiger partial charge in [-0.25, -0.2) is 4.79 Å². The lowest BCUT2D eigenvalue weighted by atomic mass is 10.4. The molecule has 6 nitrogen and oxygen atoms in total. The topological polar surface area (TPSA) is 101 Å². The smallest absolute Gasteiger partial charge is 0.404 e. The highest BCUT2D eigenvalue weighted by Crippen LogP contribution is 2.05. The number of nitrogens with one attached hydrogen (secondary N) is 1. The van der Waals surface area contributed by atoms with Gasteiger partial charge >= 0.3 is 6.09 Å². The summed E-state index contributed by atoms with van der Waals surface area (Å²) in [5.74, 6) is 0.936. The summed E-state index contributed by atoms with van der Waals surface area (Å²) in [6, 6.07) is 5.19. The van der Waals surface area contributed by atoms with Crippen LogP contribution in [0.2, 0.25) is 0 Å². The number of hydrogen-bond donors (Lipinski definition) is 2. The molecule has 0 unspecified atom stereocenters. The normalized spacial score (nSPS) is 9.53. The van der Waals surface area contributed by atoms with Gasteiger partial charge in [-0.3, -0.25) is 0 Å². The van der Waals surface area contributed by atoms with Gasteiger partial charge in [0.1, 0.15) is 18.4 Å². The van der Waals surface area contributed by atoms with E-state index >= 15 is 0 Å². The Morgan fingerprint density at radius 3 is 3.07 bits per heavy atom. The Balaban J connectivity index is 2.15. The molecule has 0 spiro atoms. The third kappa shape index (κ3) is 4.15. The van der Waals surface area contributed by atoms with Crippen LogP contribution in [-0.4, -0.2) is 19.2 Å². The van der Waals surface area contributed by atoms with Gasteiger partial charge in [0.25, 0.3) is 0 Å². The van der Waals surface area contributed by atoms with Crippen molar-refractivity contribution in [2.24, 2.45) is 5.73 Å². The minimum Gasteiger partial charge on any atom is -0.449 e. The largest absolute Gasteiger partial charge is 0.449 e. The number of ether oxygens (including phenoxy) is 1. The van der Waals surface area contributed by atoms with Gasteiger partial charge in [-0.15, -0.1) is 0 Å². The van der Waals surface area contributed by atoms with Crippen molar-refractivity contribution in [2.45, 2.75) is 6.54 Å². The van der Waals surface area contributed by atoms with Crippen molar-refractivity contribution < 1.29 is 13.9 Å². The summed E-state index contributed by atoms with van der Waals surface area (Å²) in [5.41, 5.74) is 4.76. The van der Waals surface area contributed by atoms with Gasteiger partial charge < -0.3 is 20.2 Å². The van der Waals surface area contributed by atoms with Crippen LogP contribution in [0.3, 0.4) is 0 Å². The number of amides is 1. The minimum absolute atomic E-state index is 0.209. The van der Waals surface area contributed by atoms with E-state index in [9.17, 15) is 4.79 Å². The van der Waals surface area contributed by atoms with E-state index in [2.05, 4.69) is 10.1 Å². The molecule has 0 aromatic carbocycles. The number of carbonyl (C=O) groups is 1. The summed E-state index contributed by atoms with van der Waals surface area (Å²) in [4.78, 5) is 10.2. The van der Waals surface area contributed by atoms with Crippen molar-refractivity contribution in [2.75, 3.05) is 13.2 Å². The van der Waals surface area contributed by atoms with E-state index in [0.29, 0.717) is 18.8 Å². The van der Waals surface area contributed by atoms with Crippen molar-refractivity contribution in [1.29, 1.82) is 5.26 Å². The van der Waals surface area contributed by atoms with Crippen LogP contribution >= 0.6 is 0 Å². The van der Waals surface area contributed by atoms with Crippen LogP contribution in [0.5, 0.6) is 0 Å². The number of rotatable bonds is 5. The van der Waals surface area contributed by atoms with Crippen molar-refractivity contribution >= 4 is 6.09 Å². The Morgan fingerprint density at radius 2 is 2.47 bits per heavy atom. The number of primary amides is 1. The van der Waals surface area contributed by atoms with Gasteiger partial charge in [0.2, 0.25) is 5.76 Å². The van der Waals surface area contributed by atoms with Gasteiger partial charge in [-0.1, -0.05) is 0 Å². The number of nitrogens with zero attached hydrogens (tertiary/aromatic N) is 1. The van der Waals surface area contributed by atoms with Crippen LogP contribution < -0.4 is 11.1 Å². The van der Waals surface area contributed by atoms with Gasteiger partial charge in [0, 0.05) is 6.54 Å². The van der Waals surface area contributed by atoms with Gasteiger partial charge in [-0.2, -0.15) is 5.26 Å². The molecule has 1 aromatic rings. The highest BCUT2D eigenvalue weighted by molar-refractivity contribution is 5.64. The molecule has 1 aromatic heterocycles. The van der Waals surface area contributed by atoms with Crippen LogP contribution in [-0.2, 0) is 11.3 Å². The number of nitriles is 1. The van der Waals surface area contributed by atoms with Crippen molar-refractivity contribution in [1.82, 2.24) is 5.32 Å². The zero-order valence-corrected chi connectivity index (χ0v) is 8.03. The third-order valence-corrected chi connectivity index (χ3v) is 1.59. The summed E-state index contributed by atoms with van der Waals surface area (Å²) >= 11 is 0. The second-order valence-electron chi connectivity index (χ2n) is 2.72. The van der Waals surface area contributed by atoms with Crippen molar-refractivity contribution in [3.05, 3.63) is 23.7 Å². The predicted molar refractivity (Wildman–Crippen MR) is 50.7 cm³/mol. The Labute approximate surface area is 86.6 Å². The molecule has 1 rings (SSSR count). The quantitative estimate of drug-likeness (QED) is 0.680. The standard InChI is InChI=1S/C9H11N3O3/c10-5-7-1-2-8(15-7)6-12-3-4-14-9(11)13/h1-2,12H,3-4,6H2,(H2,11,13). The Kier molecular flexibility index (Phi) is 4.19. The SMILES string of the molecule is N#Cc1ccc(CNCCOC(N)=O)o1. The molecule has 1 amide bonds. The van der Waals surface area contributed by atoms with E-state index in [1.807, 2.05) is 6.07 Å². The predicted octanol–water partition coefficient (Wildman–Crippen LogP) is 0.336. The van der Waals surface area contributed by atoms with E-state index < -0.39 is 6.09 Å². The average molecular weight is 209 g/mol. The second-order valence-corrected chi connectivity index (χ2v) is 2.72. The maximum Gasteiger partial charge on any atom is 0.404 e. The van der Waals surface area contributed by atoms with Crippen molar-refractivity contribution in [3.63, 3.8) is 0 Å². The van der Waals surface area contributed by atoms with E-state index in [1.165, 1.54) is 0 Å². The minimum atomic E-state index is -0.790.